The van der Waals surface area contributed by atoms with Crippen LogP contribution in [0.1, 0.15) is 25.0 Å². The zero-order valence-electron chi connectivity index (χ0n) is 19.2. The summed E-state index contributed by atoms with van der Waals surface area (Å²) < 4.78 is 5.72. The Morgan fingerprint density at radius 1 is 0.882 bits per heavy atom. The Kier molecular flexibility index (Phi) is 9.37. The van der Waals surface area contributed by atoms with Gasteiger partial charge in [0.1, 0.15) is 11.8 Å². The predicted molar refractivity (Wildman–Crippen MR) is 136 cm³/mol. The summed E-state index contributed by atoms with van der Waals surface area (Å²) in [5, 5.41) is 3.89. The summed E-state index contributed by atoms with van der Waals surface area (Å²) >= 11 is 12.6. The number of hydrogen-bond donors (Lipinski definition) is 1. The van der Waals surface area contributed by atoms with Crippen LogP contribution in [-0.2, 0) is 22.6 Å². The number of nitrogens with one attached hydrogen (secondary N) is 1. The van der Waals surface area contributed by atoms with E-state index < -0.39 is 6.04 Å². The first-order chi connectivity index (χ1) is 16.3. The van der Waals surface area contributed by atoms with Crippen LogP contribution < -0.4 is 10.1 Å². The lowest BCUT2D eigenvalue weighted by molar-refractivity contribution is -0.143. The molecule has 178 valence electrons. The van der Waals surface area contributed by atoms with E-state index in [1.54, 1.807) is 30.3 Å². The molecular weight excluding hydrogens is 471 g/mol. The molecule has 0 saturated heterocycles. The minimum absolute atomic E-state index is 0.0811. The maximum absolute atomic E-state index is 13.5. The molecule has 7 heteroatoms. The van der Waals surface area contributed by atoms with Gasteiger partial charge in [-0.05, 0) is 43.2 Å². The molecule has 0 unspecified atom stereocenters. The van der Waals surface area contributed by atoms with Gasteiger partial charge >= 0.3 is 0 Å². The second kappa shape index (κ2) is 12.4. The fraction of sp³-hybridized carbons (Fsp3) is 0.259. The first-order valence-corrected chi connectivity index (χ1v) is 11.8. The molecular formula is C27H28Cl2N2O3. The second-order valence-corrected chi connectivity index (χ2v) is 9.02. The average Bonchev–Trinajstić information content (AvgIpc) is 2.82. The lowest BCUT2D eigenvalue weighted by Crippen LogP contribution is -2.52. The van der Waals surface area contributed by atoms with E-state index in [1.165, 1.54) is 4.90 Å². The summed E-state index contributed by atoms with van der Waals surface area (Å²) in [4.78, 5) is 28.3. The number of rotatable bonds is 10. The fourth-order valence-electron chi connectivity index (χ4n) is 3.53. The number of nitrogens with zero attached hydrogens (tertiary/aromatic N) is 1. The number of para-hydroxylation sites is 1. The number of benzene rings is 3. The Balaban J connectivity index is 1.93. The van der Waals surface area contributed by atoms with Crippen molar-refractivity contribution in [3.63, 3.8) is 0 Å². The number of hydrogen-bond acceptors (Lipinski definition) is 3. The Morgan fingerprint density at radius 2 is 1.50 bits per heavy atom. The summed E-state index contributed by atoms with van der Waals surface area (Å²) in [7, 11) is 0. The molecule has 0 spiro atoms. The molecule has 0 heterocycles. The van der Waals surface area contributed by atoms with Crippen molar-refractivity contribution in [1.82, 2.24) is 10.2 Å². The zero-order chi connectivity index (χ0) is 24.5. The minimum atomic E-state index is -0.761. The summed E-state index contributed by atoms with van der Waals surface area (Å²) in [5.74, 6) is -0.182. The first kappa shape index (κ1) is 25.6. The highest BCUT2D eigenvalue weighted by molar-refractivity contribution is 6.32. The van der Waals surface area contributed by atoms with Crippen LogP contribution in [0.5, 0.6) is 5.75 Å². The maximum Gasteiger partial charge on any atom is 0.261 e. The van der Waals surface area contributed by atoms with E-state index in [0.717, 1.165) is 11.1 Å². The summed E-state index contributed by atoms with van der Waals surface area (Å²) in [5.41, 5.74) is 1.68. The molecule has 3 rings (SSSR count). The van der Waals surface area contributed by atoms with E-state index >= 15 is 0 Å². The van der Waals surface area contributed by atoms with Crippen LogP contribution >= 0.6 is 23.2 Å². The highest BCUT2D eigenvalue weighted by atomic mass is 35.5. The molecule has 0 aromatic heterocycles. The van der Waals surface area contributed by atoms with Crippen LogP contribution in [0.2, 0.25) is 10.0 Å². The van der Waals surface area contributed by atoms with E-state index in [2.05, 4.69) is 5.32 Å². The Bertz CT molecular complexity index is 1110. The number of amides is 2. The highest BCUT2D eigenvalue weighted by Gasteiger charge is 2.31. The summed E-state index contributed by atoms with van der Waals surface area (Å²) in [6, 6.07) is 23.0. The number of carbonyl (C=O) groups excluding carboxylic acids is 2. The zero-order valence-corrected chi connectivity index (χ0v) is 20.7. The van der Waals surface area contributed by atoms with Gasteiger partial charge in [-0.15, -0.1) is 0 Å². The lowest BCUT2D eigenvalue weighted by Gasteiger charge is -2.32. The molecule has 3 aromatic rings. The normalized spacial score (nSPS) is 11.7. The molecule has 5 nitrogen and oxygen atoms in total. The van der Waals surface area contributed by atoms with Crippen molar-refractivity contribution < 1.29 is 14.3 Å². The first-order valence-electron chi connectivity index (χ1n) is 11.1. The molecule has 0 aliphatic carbocycles. The van der Waals surface area contributed by atoms with Crippen molar-refractivity contribution in [3.05, 3.63) is 100 Å². The van der Waals surface area contributed by atoms with E-state index in [-0.39, 0.29) is 31.0 Å². The SMILES string of the molecule is CC(C)NC(=O)[C@@H](Cc1ccccc1)N(Cc1ccccc1Cl)C(=O)COc1ccccc1Cl. The standard InChI is InChI=1S/C27H28Cl2N2O3/c1-19(2)30-27(33)24(16-20-10-4-3-5-11-20)31(17-21-12-6-7-13-22(21)28)26(32)18-34-25-15-9-8-14-23(25)29/h3-15,19,24H,16-18H2,1-2H3,(H,30,33)/t24-/m1/s1. The van der Waals surface area contributed by atoms with E-state index in [0.29, 0.717) is 22.2 Å². The van der Waals surface area contributed by atoms with Crippen LogP contribution in [0, 0.1) is 0 Å². The second-order valence-electron chi connectivity index (χ2n) is 8.20. The van der Waals surface area contributed by atoms with Crippen LogP contribution in [-0.4, -0.2) is 35.4 Å². The van der Waals surface area contributed by atoms with Crippen molar-refractivity contribution in [2.75, 3.05) is 6.61 Å². The Morgan fingerprint density at radius 3 is 2.15 bits per heavy atom. The molecule has 0 saturated carbocycles. The molecule has 0 fully saturated rings. The van der Waals surface area contributed by atoms with Gasteiger partial charge in [0, 0.05) is 24.0 Å². The third kappa shape index (κ3) is 7.24. The smallest absolute Gasteiger partial charge is 0.261 e. The highest BCUT2D eigenvalue weighted by Crippen LogP contribution is 2.24. The topological polar surface area (TPSA) is 58.6 Å². The van der Waals surface area contributed by atoms with E-state index in [9.17, 15) is 9.59 Å². The molecule has 0 bridgehead atoms. The monoisotopic (exact) mass is 498 g/mol. The minimum Gasteiger partial charge on any atom is -0.482 e. The van der Waals surface area contributed by atoms with E-state index in [4.69, 9.17) is 27.9 Å². The van der Waals surface area contributed by atoms with Crippen LogP contribution in [0.15, 0.2) is 78.9 Å². The largest absolute Gasteiger partial charge is 0.482 e. The van der Waals surface area contributed by atoms with E-state index in [1.807, 2.05) is 62.4 Å². The van der Waals surface area contributed by atoms with Crippen molar-refractivity contribution in [2.45, 2.75) is 38.9 Å². The van der Waals surface area contributed by atoms with Crippen molar-refractivity contribution in [2.24, 2.45) is 0 Å². The summed E-state index contributed by atoms with van der Waals surface area (Å²) in [6.45, 7) is 3.66. The van der Waals surface area contributed by atoms with Gasteiger partial charge in [-0.1, -0.05) is 83.9 Å². The van der Waals surface area contributed by atoms with Gasteiger partial charge in [0.05, 0.1) is 5.02 Å². The van der Waals surface area contributed by atoms with Gasteiger partial charge in [0.15, 0.2) is 6.61 Å². The van der Waals surface area contributed by atoms with Gasteiger partial charge in [0.2, 0.25) is 5.91 Å². The Labute approximate surface area is 210 Å². The van der Waals surface area contributed by atoms with Crippen molar-refractivity contribution >= 4 is 35.0 Å². The lowest BCUT2D eigenvalue weighted by atomic mass is 10.0. The van der Waals surface area contributed by atoms with Gasteiger partial charge in [0.25, 0.3) is 5.91 Å². The van der Waals surface area contributed by atoms with Crippen LogP contribution in [0.25, 0.3) is 0 Å². The third-order valence-electron chi connectivity index (χ3n) is 5.19. The molecule has 1 atom stereocenters. The summed E-state index contributed by atoms with van der Waals surface area (Å²) in [6.07, 6.45) is 0.349. The predicted octanol–water partition coefficient (Wildman–Crippen LogP) is 5.54. The Hall–Kier alpha value is -3.02. The fourth-order valence-corrected chi connectivity index (χ4v) is 3.91. The van der Waals surface area contributed by atoms with Gasteiger partial charge in [-0.2, -0.15) is 0 Å². The number of ether oxygens (including phenoxy) is 1. The van der Waals surface area contributed by atoms with Crippen molar-refractivity contribution in [3.8, 4) is 5.75 Å². The molecule has 3 aromatic carbocycles. The maximum atomic E-state index is 13.5. The number of carbonyl (C=O) groups is 2. The third-order valence-corrected chi connectivity index (χ3v) is 5.87. The van der Waals surface area contributed by atoms with Gasteiger partial charge in [-0.25, -0.2) is 0 Å². The average molecular weight is 499 g/mol. The molecule has 1 N–H and O–H groups in total. The molecule has 0 radical (unpaired) electrons. The molecule has 2 amide bonds. The quantitative estimate of drug-likeness (QED) is 0.399. The van der Waals surface area contributed by atoms with Crippen molar-refractivity contribution in [1.29, 1.82) is 0 Å². The molecule has 0 aliphatic heterocycles. The number of halogens is 2. The van der Waals surface area contributed by atoms with Gasteiger partial charge in [-0.3, -0.25) is 9.59 Å². The van der Waals surface area contributed by atoms with Crippen LogP contribution in [0.3, 0.4) is 0 Å². The van der Waals surface area contributed by atoms with Crippen LogP contribution in [0.4, 0.5) is 0 Å². The molecule has 34 heavy (non-hydrogen) atoms. The van der Waals surface area contributed by atoms with Gasteiger partial charge < -0.3 is 15.0 Å². The molecule has 0 aliphatic rings.